The van der Waals surface area contributed by atoms with Gasteiger partial charge >= 0.3 is 0 Å². The quantitative estimate of drug-likeness (QED) is 0.467. The van der Waals surface area contributed by atoms with Crippen LogP contribution in [-0.2, 0) is 21.3 Å². The number of halogens is 2. The van der Waals surface area contributed by atoms with Gasteiger partial charge in [-0.15, -0.1) is 0 Å². The van der Waals surface area contributed by atoms with Crippen LogP contribution in [0.4, 0.5) is 0 Å². The Bertz CT molecular complexity index is 799. The van der Waals surface area contributed by atoms with E-state index in [4.69, 9.17) is 18.9 Å². The van der Waals surface area contributed by atoms with Crippen molar-refractivity contribution < 1.29 is 18.9 Å². The fraction of sp³-hybridized carbons (Fsp3) is 0.700. The van der Waals surface area contributed by atoms with Crippen LogP contribution in [0.15, 0.2) is 10.5 Å². The SMILES string of the molecule is COc1cc(Br)c2c3c1O[C@@H]1C(OC)(OC)C(Br)C[C@@H]4[C@H](C2)N(C)CC[C@]341. The molecule has 1 saturated carbocycles. The molecule has 0 N–H and O–H groups in total. The van der Waals surface area contributed by atoms with Crippen LogP contribution >= 0.6 is 31.9 Å². The van der Waals surface area contributed by atoms with Gasteiger partial charge in [0.2, 0.25) is 5.79 Å². The van der Waals surface area contributed by atoms with Crippen LogP contribution in [0.5, 0.6) is 11.5 Å². The third-order valence-corrected chi connectivity index (χ3v) is 9.29. The van der Waals surface area contributed by atoms with Crippen LogP contribution in [0, 0.1) is 5.92 Å². The molecular formula is C20H25Br2NO4. The standard InChI is InChI=1S/C20H25Br2NO4/c1-23-6-5-19-11-8-15(22)20(25-3,26-4)18(19)27-17-14(24-2)9-12(21)10(16(17)19)7-13(11)23/h9,11,13,15,18H,5-8H2,1-4H3/t11-,13+,15?,18+,19-/m1/s1. The van der Waals surface area contributed by atoms with Gasteiger partial charge in [0, 0.05) is 35.7 Å². The lowest BCUT2D eigenvalue weighted by molar-refractivity contribution is -0.286. The Morgan fingerprint density at radius 3 is 2.67 bits per heavy atom. The first-order chi connectivity index (χ1) is 12.9. The molecule has 1 unspecified atom stereocenters. The van der Waals surface area contributed by atoms with Crippen LogP contribution in [-0.4, -0.2) is 62.6 Å². The minimum atomic E-state index is -0.831. The molecule has 2 aliphatic carbocycles. The Hall–Kier alpha value is -0.340. The molecule has 2 bridgehead atoms. The van der Waals surface area contributed by atoms with Crippen molar-refractivity contribution in [2.24, 2.45) is 5.92 Å². The molecule has 0 aromatic heterocycles. The summed E-state index contributed by atoms with van der Waals surface area (Å²) in [5, 5.41) is 0. The third kappa shape index (κ3) is 2.05. The third-order valence-electron chi connectivity index (χ3n) is 7.57. The highest BCUT2D eigenvalue weighted by molar-refractivity contribution is 9.10. The molecule has 1 spiro atoms. The van der Waals surface area contributed by atoms with Crippen molar-refractivity contribution in [2.75, 3.05) is 34.9 Å². The van der Waals surface area contributed by atoms with Crippen LogP contribution in [0.3, 0.4) is 0 Å². The topological polar surface area (TPSA) is 40.2 Å². The summed E-state index contributed by atoms with van der Waals surface area (Å²) < 4.78 is 25.7. The van der Waals surface area contributed by atoms with E-state index in [1.165, 1.54) is 11.1 Å². The van der Waals surface area contributed by atoms with Gasteiger partial charge in [-0.05, 0) is 50.4 Å². The molecule has 0 amide bonds. The zero-order valence-electron chi connectivity index (χ0n) is 16.1. The minimum absolute atomic E-state index is 0.0578. The predicted octanol–water partition coefficient (Wildman–Crippen LogP) is 3.49. The molecule has 5 nitrogen and oxygen atoms in total. The van der Waals surface area contributed by atoms with Gasteiger partial charge in [0.05, 0.1) is 11.9 Å². The molecule has 5 rings (SSSR count). The molecule has 27 heavy (non-hydrogen) atoms. The van der Waals surface area contributed by atoms with Crippen LogP contribution in [0.1, 0.15) is 24.0 Å². The monoisotopic (exact) mass is 501 g/mol. The van der Waals surface area contributed by atoms with E-state index in [0.717, 1.165) is 41.8 Å². The smallest absolute Gasteiger partial charge is 0.219 e. The second-order valence-corrected chi connectivity index (χ2v) is 10.2. The number of hydrogen-bond donors (Lipinski definition) is 0. The molecule has 0 radical (unpaired) electrons. The van der Waals surface area contributed by atoms with Gasteiger partial charge in [-0.25, -0.2) is 0 Å². The largest absolute Gasteiger partial charge is 0.493 e. The first kappa shape index (κ1) is 18.7. The minimum Gasteiger partial charge on any atom is -0.493 e. The molecule has 2 fully saturated rings. The van der Waals surface area contributed by atoms with Crippen molar-refractivity contribution in [2.45, 2.75) is 47.4 Å². The van der Waals surface area contributed by atoms with E-state index in [0.29, 0.717) is 12.0 Å². The molecule has 7 heteroatoms. The van der Waals surface area contributed by atoms with E-state index in [1.54, 1.807) is 21.3 Å². The highest BCUT2D eigenvalue weighted by atomic mass is 79.9. The number of likely N-dealkylation sites (tertiary alicyclic amines) is 1. The number of rotatable bonds is 3. The van der Waals surface area contributed by atoms with Crippen molar-refractivity contribution in [3.8, 4) is 11.5 Å². The number of hydrogen-bond acceptors (Lipinski definition) is 5. The average molecular weight is 503 g/mol. The van der Waals surface area contributed by atoms with Gasteiger partial charge in [0.1, 0.15) is 0 Å². The van der Waals surface area contributed by atoms with Gasteiger partial charge in [-0.3, -0.25) is 0 Å². The summed E-state index contributed by atoms with van der Waals surface area (Å²) >= 11 is 7.72. The van der Waals surface area contributed by atoms with Gasteiger partial charge in [0.25, 0.3) is 0 Å². The Labute approximate surface area is 176 Å². The normalized spacial score (nSPS) is 38.3. The summed E-state index contributed by atoms with van der Waals surface area (Å²) in [5.74, 6) is 1.32. The molecule has 5 atom stereocenters. The molecule has 2 aliphatic heterocycles. The number of methoxy groups -OCH3 is 3. The van der Waals surface area contributed by atoms with E-state index in [-0.39, 0.29) is 16.3 Å². The van der Waals surface area contributed by atoms with E-state index in [2.05, 4.69) is 43.8 Å². The summed E-state index contributed by atoms with van der Waals surface area (Å²) in [6.45, 7) is 1.05. The fourth-order valence-electron chi connectivity index (χ4n) is 6.38. The van der Waals surface area contributed by atoms with Crippen molar-refractivity contribution in [3.05, 3.63) is 21.7 Å². The first-order valence-corrected chi connectivity index (χ1v) is 11.2. The van der Waals surface area contributed by atoms with Crippen LogP contribution in [0.25, 0.3) is 0 Å². The summed E-state index contributed by atoms with van der Waals surface area (Å²) in [4.78, 5) is 2.58. The molecule has 148 valence electrons. The Balaban J connectivity index is 1.82. The first-order valence-electron chi connectivity index (χ1n) is 9.45. The number of likely N-dealkylation sites (N-methyl/N-ethyl adjacent to an activating group) is 1. The van der Waals surface area contributed by atoms with Gasteiger partial charge in [0.15, 0.2) is 17.6 Å². The fourth-order valence-corrected chi connectivity index (χ4v) is 7.97. The highest BCUT2D eigenvalue weighted by Crippen LogP contribution is 2.67. The van der Waals surface area contributed by atoms with E-state index < -0.39 is 5.79 Å². The zero-order chi connectivity index (χ0) is 19.1. The molecule has 1 aromatic carbocycles. The summed E-state index contributed by atoms with van der Waals surface area (Å²) in [6.07, 6.45) is 2.84. The second kappa shape index (κ2) is 6.08. The van der Waals surface area contributed by atoms with E-state index >= 15 is 0 Å². The Morgan fingerprint density at radius 2 is 2.00 bits per heavy atom. The second-order valence-electron chi connectivity index (χ2n) is 8.22. The van der Waals surface area contributed by atoms with Crippen molar-refractivity contribution >= 4 is 31.9 Å². The van der Waals surface area contributed by atoms with E-state index in [9.17, 15) is 0 Å². The number of benzene rings is 1. The Morgan fingerprint density at radius 1 is 1.26 bits per heavy atom. The maximum atomic E-state index is 6.71. The lowest BCUT2D eigenvalue weighted by Crippen LogP contribution is -2.73. The van der Waals surface area contributed by atoms with Crippen molar-refractivity contribution in [1.82, 2.24) is 4.90 Å². The van der Waals surface area contributed by atoms with Gasteiger partial charge in [-0.1, -0.05) is 31.9 Å². The number of ether oxygens (including phenoxy) is 4. The molecule has 1 aromatic rings. The molecule has 4 aliphatic rings. The van der Waals surface area contributed by atoms with Gasteiger partial charge < -0.3 is 23.8 Å². The van der Waals surface area contributed by atoms with Crippen LogP contribution < -0.4 is 9.47 Å². The average Bonchev–Trinajstić information content (AvgIpc) is 3.01. The number of alkyl halides is 1. The van der Waals surface area contributed by atoms with Crippen LogP contribution in [0.2, 0.25) is 0 Å². The summed E-state index contributed by atoms with van der Waals surface area (Å²) in [5.41, 5.74) is 2.56. The lowest BCUT2D eigenvalue weighted by atomic mass is 9.50. The maximum Gasteiger partial charge on any atom is 0.219 e. The maximum absolute atomic E-state index is 6.71. The lowest BCUT2D eigenvalue weighted by Gasteiger charge is -2.62. The summed E-state index contributed by atoms with van der Waals surface area (Å²) in [6, 6.07) is 2.53. The number of nitrogens with zero attached hydrogens (tertiary/aromatic N) is 1. The van der Waals surface area contributed by atoms with Crippen molar-refractivity contribution in [3.63, 3.8) is 0 Å². The zero-order valence-corrected chi connectivity index (χ0v) is 19.2. The Kier molecular flexibility index (Phi) is 4.21. The molecule has 1 saturated heterocycles. The van der Waals surface area contributed by atoms with Crippen molar-refractivity contribution in [1.29, 1.82) is 0 Å². The summed E-state index contributed by atoms with van der Waals surface area (Å²) in [7, 11) is 7.41. The highest BCUT2D eigenvalue weighted by Gasteiger charge is 2.72. The predicted molar refractivity (Wildman–Crippen MR) is 109 cm³/mol. The van der Waals surface area contributed by atoms with Gasteiger partial charge in [-0.2, -0.15) is 0 Å². The molecular weight excluding hydrogens is 478 g/mol. The number of piperidine rings is 1. The molecule has 2 heterocycles. The van der Waals surface area contributed by atoms with E-state index in [1.807, 2.05) is 6.07 Å².